The Hall–Kier alpha value is -4.65. The molecule has 0 unspecified atom stereocenters. The first-order chi connectivity index (χ1) is 19.0. The van der Waals surface area contributed by atoms with Crippen LogP contribution >= 0.6 is 0 Å². The fourth-order valence-corrected chi connectivity index (χ4v) is 4.84. The van der Waals surface area contributed by atoms with E-state index in [2.05, 4.69) is 9.98 Å². The molecule has 4 nitrogen and oxygen atoms in total. The van der Waals surface area contributed by atoms with Gasteiger partial charge in [-0.2, -0.15) is 13.2 Å². The minimum absolute atomic E-state index is 0.0758. The monoisotopic (exact) mass is 524 g/mol. The first-order valence-corrected chi connectivity index (χ1v) is 12.5. The molecule has 0 fully saturated rings. The number of fused-ring (bicyclic) bond motifs is 1. The number of hydrogen-bond donors (Lipinski definition) is 0. The summed E-state index contributed by atoms with van der Waals surface area (Å²) in [7, 11) is 0. The van der Waals surface area contributed by atoms with Crippen molar-refractivity contribution in [1.29, 1.82) is 0 Å². The van der Waals surface area contributed by atoms with Crippen molar-refractivity contribution in [2.45, 2.75) is 12.6 Å². The van der Waals surface area contributed by atoms with Crippen LogP contribution in [0.5, 0.6) is 11.5 Å². The van der Waals surface area contributed by atoms with E-state index in [4.69, 9.17) is 9.47 Å². The number of alkyl halides is 3. The number of pyridine rings is 1. The zero-order valence-electron chi connectivity index (χ0n) is 20.8. The van der Waals surface area contributed by atoms with Crippen LogP contribution in [0, 0.1) is 0 Å². The van der Waals surface area contributed by atoms with Gasteiger partial charge in [-0.3, -0.25) is 4.98 Å². The maximum absolute atomic E-state index is 13.9. The van der Waals surface area contributed by atoms with E-state index in [1.165, 1.54) is 6.07 Å². The fourth-order valence-electron chi connectivity index (χ4n) is 4.84. The van der Waals surface area contributed by atoms with E-state index in [-0.39, 0.29) is 5.52 Å². The van der Waals surface area contributed by atoms with Crippen molar-refractivity contribution in [2.75, 3.05) is 13.2 Å². The Kier molecular flexibility index (Phi) is 6.49. The molecule has 7 heteroatoms. The first-order valence-electron chi connectivity index (χ1n) is 12.5. The molecule has 0 saturated heterocycles. The molecule has 0 bridgehead atoms. The lowest BCUT2D eigenvalue weighted by Gasteiger charge is -2.17. The number of nitrogens with zero attached hydrogens (tertiary/aromatic N) is 2. The molecule has 194 valence electrons. The van der Waals surface area contributed by atoms with Crippen LogP contribution in [-0.2, 0) is 17.3 Å². The van der Waals surface area contributed by atoms with Crippen molar-refractivity contribution in [2.24, 2.45) is 4.99 Å². The molecule has 5 aromatic rings. The summed E-state index contributed by atoms with van der Waals surface area (Å²) >= 11 is 0. The summed E-state index contributed by atoms with van der Waals surface area (Å²) < 4.78 is 53.4. The van der Waals surface area contributed by atoms with Crippen LogP contribution in [0.25, 0.3) is 22.0 Å². The van der Waals surface area contributed by atoms with E-state index in [1.807, 2.05) is 78.9 Å². The Morgan fingerprint density at radius 3 is 2.23 bits per heavy atom. The van der Waals surface area contributed by atoms with Gasteiger partial charge in [0, 0.05) is 17.1 Å². The van der Waals surface area contributed by atoms with Crippen LogP contribution in [-0.4, -0.2) is 24.0 Å². The summed E-state index contributed by atoms with van der Waals surface area (Å²) in [5, 5.41) is 0.439. The molecule has 0 saturated carbocycles. The number of aromatic nitrogens is 1. The number of aliphatic imine (C=N–C) groups is 1. The van der Waals surface area contributed by atoms with Crippen molar-refractivity contribution in [3.8, 4) is 22.6 Å². The Balaban J connectivity index is 1.44. The summed E-state index contributed by atoms with van der Waals surface area (Å²) in [5.74, 6) is 1.75. The first kappa shape index (κ1) is 24.7. The number of ether oxygens (including phenoxy) is 2. The van der Waals surface area contributed by atoms with Crippen molar-refractivity contribution in [3.63, 3.8) is 0 Å². The average Bonchev–Trinajstić information content (AvgIpc) is 3.48. The highest BCUT2D eigenvalue weighted by Crippen LogP contribution is 2.40. The molecule has 1 aliphatic heterocycles. The minimum atomic E-state index is -4.52. The quantitative estimate of drug-likeness (QED) is 0.226. The Bertz CT molecular complexity index is 1680. The fraction of sp³-hybridized carbons (Fsp3) is 0.125. The lowest BCUT2D eigenvalue weighted by atomic mass is 9.92. The zero-order chi connectivity index (χ0) is 26.8. The summed E-state index contributed by atoms with van der Waals surface area (Å²) in [4.78, 5) is 8.65. The van der Waals surface area contributed by atoms with Crippen molar-refractivity contribution < 1.29 is 22.6 Å². The Morgan fingerprint density at radius 1 is 0.795 bits per heavy atom. The van der Waals surface area contributed by atoms with Crippen molar-refractivity contribution >= 4 is 16.8 Å². The highest BCUT2D eigenvalue weighted by molar-refractivity contribution is 5.98. The number of para-hydroxylation sites is 1. The second-order valence-corrected chi connectivity index (χ2v) is 9.21. The van der Waals surface area contributed by atoms with Gasteiger partial charge < -0.3 is 9.47 Å². The van der Waals surface area contributed by atoms with Gasteiger partial charge in [-0.05, 0) is 65.1 Å². The molecule has 4 aromatic carbocycles. The van der Waals surface area contributed by atoms with E-state index >= 15 is 0 Å². The minimum Gasteiger partial charge on any atom is -0.476 e. The standard InChI is InChI=1S/C32H23F3N2O2/c33-32(34,35)28-14-6-13-27-29(24(20-37-30(27)28)17-21-7-2-1-3-8-21)22-9-4-11-25(18-22)39-26-12-5-10-23(19-26)31-36-15-16-38-31/h1-14,18-20H,15-17H2. The predicted octanol–water partition coefficient (Wildman–Crippen LogP) is 8.08. The summed E-state index contributed by atoms with van der Waals surface area (Å²) in [6.45, 7) is 1.19. The highest BCUT2D eigenvalue weighted by atomic mass is 19.4. The van der Waals surface area contributed by atoms with Crippen LogP contribution in [0.1, 0.15) is 22.3 Å². The van der Waals surface area contributed by atoms with E-state index in [1.54, 1.807) is 12.3 Å². The lowest BCUT2D eigenvalue weighted by Crippen LogP contribution is -2.07. The van der Waals surface area contributed by atoms with Crippen LogP contribution in [0.2, 0.25) is 0 Å². The van der Waals surface area contributed by atoms with Gasteiger partial charge in [0.15, 0.2) is 0 Å². The van der Waals surface area contributed by atoms with Crippen molar-refractivity contribution in [3.05, 3.63) is 126 Å². The third-order valence-electron chi connectivity index (χ3n) is 6.54. The average molecular weight is 525 g/mol. The second-order valence-electron chi connectivity index (χ2n) is 9.21. The largest absolute Gasteiger partial charge is 0.476 e. The number of hydrogen-bond acceptors (Lipinski definition) is 4. The van der Waals surface area contributed by atoms with Crippen molar-refractivity contribution in [1.82, 2.24) is 4.98 Å². The molecule has 39 heavy (non-hydrogen) atoms. The molecule has 0 aliphatic carbocycles. The molecule has 0 radical (unpaired) electrons. The van der Waals surface area contributed by atoms with Gasteiger partial charge >= 0.3 is 6.18 Å². The molecular weight excluding hydrogens is 501 g/mol. The maximum atomic E-state index is 13.9. The molecule has 0 atom stereocenters. The van der Waals surface area contributed by atoms with Crippen LogP contribution < -0.4 is 4.74 Å². The summed E-state index contributed by atoms with van der Waals surface area (Å²) in [6.07, 6.45) is -2.45. The predicted molar refractivity (Wildman–Crippen MR) is 145 cm³/mol. The Labute approximate surface area is 223 Å². The maximum Gasteiger partial charge on any atom is 0.418 e. The van der Waals surface area contributed by atoms with E-state index < -0.39 is 11.7 Å². The number of rotatable bonds is 6. The lowest BCUT2D eigenvalue weighted by molar-refractivity contribution is -0.136. The normalized spacial score (nSPS) is 13.3. The van der Waals surface area contributed by atoms with Gasteiger partial charge in [-0.15, -0.1) is 0 Å². The zero-order valence-corrected chi connectivity index (χ0v) is 20.8. The molecule has 0 spiro atoms. The Morgan fingerprint density at radius 2 is 1.51 bits per heavy atom. The third kappa shape index (κ3) is 5.21. The molecule has 0 N–H and O–H groups in total. The van der Waals surface area contributed by atoms with E-state index in [0.29, 0.717) is 47.9 Å². The van der Waals surface area contributed by atoms with Gasteiger partial charge in [0.25, 0.3) is 0 Å². The van der Waals surface area contributed by atoms with Gasteiger partial charge in [0.2, 0.25) is 5.90 Å². The molecule has 0 amide bonds. The third-order valence-corrected chi connectivity index (χ3v) is 6.54. The molecule has 2 heterocycles. The topological polar surface area (TPSA) is 43.7 Å². The molecule has 1 aliphatic rings. The van der Waals surface area contributed by atoms with Gasteiger partial charge in [0.1, 0.15) is 18.1 Å². The highest BCUT2D eigenvalue weighted by Gasteiger charge is 2.33. The van der Waals surface area contributed by atoms with E-state index in [0.717, 1.165) is 28.3 Å². The second kappa shape index (κ2) is 10.3. The van der Waals surface area contributed by atoms with Gasteiger partial charge in [0.05, 0.1) is 17.6 Å². The number of halogens is 3. The number of benzene rings is 4. The summed E-state index contributed by atoms with van der Waals surface area (Å²) in [5.41, 5.74) is 3.29. The van der Waals surface area contributed by atoms with Crippen LogP contribution in [0.15, 0.2) is 108 Å². The van der Waals surface area contributed by atoms with E-state index in [9.17, 15) is 13.2 Å². The van der Waals surface area contributed by atoms with Crippen LogP contribution in [0.3, 0.4) is 0 Å². The SMILES string of the molecule is FC(F)(F)c1cccc2c(-c3cccc(Oc4cccc(C5=NCCO5)c4)c3)c(Cc3ccccc3)cnc12. The molecule has 1 aromatic heterocycles. The molecular formula is C32H23F3N2O2. The van der Waals surface area contributed by atoms with Crippen LogP contribution in [0.4, 0.5) is 13.2 Å². The van der Waals surface area contributed by atoms with Gasteiger partial charge in [-0.25, -0.2) is 4.99 Å². The summed E-state index contributed by atoms with van der Waals surface area (Å²) in [6, 6.07) is 28.8. The molecule has 6 rings (SSSR count). The van der Waals surface area contributed by atoms with Gasteiger partial charge in [-0.1, -0.05) is 60.7 Å². The smallest absolute Gasteiger partial charge is 0.418 e.